The highest BCUT2D eigenvalue weighted by Gasteiger charge is 2.15. The molecule has 6 heteroatoms. The normalized spacial score (nSPS) is 12.7. The number of aliphatic hydroxyl groups is 1. The maximum Gasteiger partial charge on any atom is 0.128 e. The van der Waals surface area contributed by atoms with Crippen molar-refractivity contribution in [1.82, 2.24) is 14.8 Å². The predicted octanol–water partition coefficient (Wildman–Crippen LogP) is 2.12. The number of nitrogens with zero attached hydrogens (tertiary/aromatic N) is 3. The molecule has 2 heterocycles. The molecule has 0 radical (unpaired) electrons. The van der Waals surface area contributed by atoms with Crippen LogP contribution in [0.5, 0.6) is 0 Å². The lowest BCUT2D eigenvalue weighted by Gasteiger charge is -2.15. The van der Waals surface area contributed by atoms with Crippen LogP contribution < -0.4 is 5.32 Å². The second-order valence-corrected chi connectivity index (χ2v) is 5.17. The summed E-state index contributed by atoms with van der Waals surface area (Å²) in [6.07, 6.45) is 1.81. The first kappa shape index (κ1) is 13.0. The summed E-state index contributed by atoms with van der Waals surface area (Å²) in [6.45, 7) is 6.67. The van der Waals surface area contributed by atoms with E-state index in [2.05, 4.69) is 22.3 Å². The molecule has 2 rings (SSSR count). The maximum atomic E-state index is 9.06. The molecule has 0 saturated heterocycles. The zero-order valence-corrected chi connectivity index (χ0v) is 11.7. The first-order valence-electron chi connectivity index (χ1n) is 5.94. The van der Waals surface area contributed by atoms with Gasteiger partial charge < -0.3 is 10.4 Å². The standard InChI is InChI=1S/C12H18N4OS/c1-8-9(2)15-16(5-6-17)11(8)14-10(3)12-13-4-7-18-12/h4,7,10,14,17H,5-6H2,1-3H3/t10-/m0/s1. The number of hydrogen-bond acceptors (Lipinski definition) is 5. The Balaban J connectivity index is 2.22. The van der Waals surface area contributed by atoms with Gasteiger partial charge in [0.2, 0.25) is 0 Å². The van der Waals surface area contributed by atoms with Crippen molar-refractivity contribution in [2.75, 3.05) is 11.9 Å². The molecule has 0 fully saturated rings. The number of anilines is 1. The van der Waals surface area contributed by atoms with Crippen LogP contribution in [-0.4, -0.2) is 26.5 Å². The van der Waals surface area contributed by atoms with Gasteiger partial charge in [-0.1, -0.05) is 0 Å². The maximum absolute atomic E-state index is 9.06. The van der Waals surface area contributed by atoms with E-state index in [1.165, 1.54) is 0 Å². The third kappa shape index (κ3) is 2.54. The Morgan fingerprint density at radius 1 is 1.50 bits per heavy atom. The fraction of sp³-hybridized carbons (Fsp3) is 0.500. The van der Waals surface area contributed by atoms with Crippen molar-refractivity contribution in [3.05, 3.63) is 27.8 Å². The Bertz CT molecular complexity index is 506. The number of thiazole rings is 1. The number of nitrogens with one attached hydrogen (secondary N) is 1. The van der Waals surface area contributed by atoms with Crippen LogP contribution in [0.3, 0.4) is 0 Å². The average Bonchev–Trinajstić information content (AvgIpc) is 2.94. The van der Waals surface area contributed by atoms with Gasteiger partial charge in [0.15, 0.2) is 0 Å². The van der Waals surface area contributed by atoms with Gasteiger partial charge in [0.05, 0.1) is 24.9 Å². The van der Waals surface area contributed by atoms with Crippen LogP contribution in [0, 0.1) is 13.8 Å². The van der Waals surface area contributed by atoms with E-state index in [1.807, 2.05) is 23.9 Å². The SMILES string of the molecule is Cc1nn(CCO)c(N[C@@H](C)c2nccs2)c1C. The quantitative estimate of drug-likeness (QED) is 0.870. The van der Waals surface area contributed by atoms with Crippen LogP contribution in [0.15, 0.2) is 11.6 Å². The topological polar surface area (TPSA) is 63.0 Å². The van der Waals surface area contributed by atoms with Crippen molar-refractivity contribution in [2.45, 2.75) is 33.4 Å². The third-order valence-electron chi connectivity index (χ3n) is 2.91. The summed E-state index contributed by atoms with van der Waals surface area (Å²) in [5.41, 5.74) is 2.10. The Labute approximate surface area is 110 Å². The summed E-state index contributed by atoms with van der Waals surface area (Å²) >= 11 is 1.63. The van der Waals surface area contributed by atoms with E-state index in [0.717, 1.165) is 22.1 Å². The van der Waals surface area contributed by atoms with Crippen LogP contribution in [0.1, 0.15) is 29.2 Å². The van der Waals surface area contributed by atoms with Crippen LogP contribution in [-0.2, 0) is 6.54 Å². The molecule has 2 N–H and O–H groups in total. The molecular formula is C12H18N4OS. The van der Waals surface area contributed by atoms with E-state index >= 15 is 0 Å². The fourth-order valence-electron chi connectivity index (χ4n) is 1.83. The minimum Gasteiger partial charge on any atom is -0.394 e. The monoisotopic (exact) mass is 266 g/mol. The van der Waals surface area contributed by atoms with Gasteiger partial charge in [0.25, 0.3) is 0 Å². The van der Waals surface area contributed by atoms with Gasteiger partial charge in [-0.3, -0.25) is 0 Å². The van der Waals surface area contributed by atoms with E-state index in [-0.39, 0.29) is 12.6 Å². The molecule has 0 spiro atoms. The lowest BCUT2D eigenvalue weighted by atomic mass is 10.2. The number of rotatable bonds is 5. The molecule has 0 bridgehead atoms. The number of aromatic nitrogens is 3. The van der Waals surface area contributed by atoms with Crippen molar-refractivity contribution in [3.8, 4) is 0 Å². The fourth-order valence-corrected chi connectivity index (χ4v) is 2.47. The Hall–Kier alpha value is -1.40. The average molecular weight is 266 g/mol. The molecule has 0 unspecified atom stereocenters. The lowest BCUT2D eigenvalue weighted by molar-refractivity contribution is 0.270. The van der Waals surface area contributed by atoms with Gasteiger partial charge >= 0.3 is 0 Å². The van der Waals surface area contributed by atoms with Crippen LogP contribution in [0.4, 0.5) is 5.82 Å². The Morgan fingerprint density at radius 2 is 2.28 bits per heavy atom. The van der Waals surface area contributed by atoms with Crippen molar-refractivity contribution in [2.24, 2.45) is 0 Å². The van der Waals surface area contributed by atoms with Gasteiger partial charge in [-0.2, -0.15) is 5.10 Å². The molecule has 0 aliphatic carbocycles. The molecule has 2 aromatic rings. The minimum atomic E-state index is 0.0842. The third-order valence-corrected chi connectivity index (χ3v) is 3.87. The van der Waals surface area contributed by atoms with Gasteiger partial charge in [-0.15, -0.1) is 11.3 Å². The van der Waals surface area contributed by atoms with E-state index in [4.69, 9.17) is 5.11 Å². The molecule has 0 amide bonds. The highest BCUT2D eigenvalue weighted by Crippen LogP contribution is 2.25. The summed E-state index contributed by atoms with van der Waals surface area (Å²) in [4.78, 5) is 4.30. The van der Waals surface area contributed by atoms with E-state index in [0.29, 0.717) is 6.54 Å². The molecule has 98 valence electrons. The van der Waals surface area contributed by atoms with Crippen molar-refractivity contribution < 1.29 is 5.11 Å². The van der Waals surface area contributed by atoms with Gasteiger partial charge in [0.1, 0.15) is 10.8 Å². The first-order chi connectivity index (χ1) is 8.63. The lowest BCUT2D eigenvalue weighted by Crippen LogP contribution is -2.13. The molecule has 0 saturated carbocycles. The Kier molecular flexibility index (Phi) is 3.98. The molecule has 2 aromatic heterocycles. The van der Waals surface area contributed by atoms with Gasteiger partial charge in [0, 0.05) is 17.1 Å². The summed E-state index contributed by atoms with van der Waals surface area (Å²) in [6, 6.07) is 0.136. The van der Waals surface area contributed by atoms with E-state index in [9.17, 15) is 0 Å². The predicted molar refractivity (Wildman–Crippen MR) is 72.9 cm³/mol. The van der Waals surface area contributed by atoms with Crippen LogP contribution in [0.2, 0.25) is 0 Å². The van der Waals surface area contributed by atoms with Crippen molar-refractivity contribution in [3.63, 3.8) is 0 Å². The number of aryl methyl sites for hydroxylation is 1. The van der Waals surface area contributed by atoms with E-state index < -0.39 is 0 Å². The summed E-state index contributed by atoms with van der Waals surface area (Å²) in [5, 5.41) is 19.9. The smallest absolute Gasteiger partial charge is 0.128 e. The number of aliphatic hydroxyl groups excluding tert-OH is 1. The molecule has 0 aromatic carbocycles. The molecule has 0 aliphatic heterocycles. The van der Waals surface area contributed by atoms with Gasteiger partial charge in [-0.05, 0) is 20.8 Å². The van der Waals surface area contributed by atoms with Crippen LogP contribution in [0.25, 0.3) is 0 Å². The molecule has 0 aliphatic rings. The second kappa shape index (κ2) is 5.49. The largest absolute Gasteiger partial charge is 0.394 e. The molecule has 5 nitrogen and oxygen atoms in total. The van der Waals surface area contributed by atoms with E-state index in [1.54, 1.807) is 17.5 Å². The summed E-state index contributed by atoms with van der Waals surface area (Å²) in [5.74, 6) is 0.962. The second-order valence-electron chi connectivity index (χ2n) is 4.24. The summed E-state index contributed by atoms with van der Waals surface area (Å²) in [7, 11) is 0. The van der Waals surface area contributed by atoms with Crippen molar-refractivity contribution >= 4 is 17.2 Å². The zero-order valence-electron chi connectivity index (χ0n) is 10.8. The first-order valence-corrected chi connectivity index (χ1v) is 6.82. The highest BCUT2D eigenvalue weighted by atomic mass is 32.1. The van der Waals surface area contributed by atoms with Crippen molar-refractivity contribution in [1.29, 1.82) is 0 Å². The van der Waals surface area contributed by atoms with Gasteiger partial charge in [-0.25, -0.2) is 9.67 Å². The Morgan fingerprint density at radius 3 is 2.89 bits per heavy atom. The summed E-state index contributed by atoms with van der Waals surface area (Å²) < 4.78 is 1.81. The molecular weight excluding hydrogens is 248 g/mol. The van der Waals surface area contributed by atoms with Crippen LogP contribution >= 0.6 is 11.3 Å². The number of hydrogen-bond donors (Lipinski definition) is 2. The minimum absolute atomic E-state index is 0.0842. The zero-order chi connectivity index (χ0) is 13.1. The molecule has 18 heavy (non-hydrogen) atoms. The highest BCUT2D eigenvalue weighted by molar-refractivity contribution is 7.09. The molecule has 1 atom stereocenters.